The molecular weight excluding hydrogens is 476 g/mol. The van der Waals surface area contributed by atoms with Gasteiger partial charge in [0.05, 0.1) is 0 Å². The Morgan fingerprint density at radius 1 is 0.838 bits per heavy atom. The van der Waals surface area contributed by atoms with E-state index in [1.807, 2.05) is 54.6 Å². The van der Waals surface area contributed by atoms with Crippen molar-refractivity contribution in [2.45, 2.75) is 63.0 Å². The largest absolute Gasteiger partial charge is 0.489 e. The van der Waals surface area contributed by atoms with Crippen LogP contribution in [0.3, 0.4) is 0 Å². The Morgan fingerprint density at radius 2 is 1.41 bits per heavy atom. The Bertz CT molecular complexity index is 1160. The molecule has 8 heteroatoms. The molecule has 4 N–H and O–H groups in total. The first-order valence-corrected chi connectivity index (χ1v) is 12.2. The van der Waals surface area contributed by atoms with Gasteiger partial charge in [-0.15, -0.1) is 0 Å². The maximum atomic E-state index is 11.3. The SMILES string of the molecule is CCC(C)(c1ccc(OCc2ccccc2)cc1)c1ccc(OC2OC(C(=O)O)C(O)C(O)C2O)cc1. The van der Waals surface area contributed by atoms with Crippen LogP contribution in [0.5, 0.6) is 11.5 Å². The van der Waals surface area contributed by atoms with Crippen molar-refractivity contribution in [3.8, 4) is 11.5 Å². The second kappa shape index (κ2) is 11.3. The monoisotopic (exact) mass is 508 g/mol. The normalized spacial score (nSPS) is 25.2. The summed E-state index contributed by atoms with van der Waals surface area (Å²) in [7, 11) is 0. The van der Waals surface area contributed by atoms with Crippen LogP contribution in [0, 0.1) is 0 Å². The van der Waals surface area contributed by atoms with E-state index in [2.05, 4.69) is 26.0 Å². The predicted octanol–water partition coefficient (Wildman–Crippen LogP) is 3.25. The molecule has 1 aliphatic heterocycles. The second-order valence-corrected chi connectivity index (χ2v) is 9.36. The van der Waals surface area contributed by atoms with Crippen molar-refractivity contribution in [1.82, 2.24) is 0 Å². The molecular formula is C29H32O8. The first kappa shape index (κ1) is 26.6. The number of carboxylic acids is 1. The Hall–Kier alpha value is -3.43. The van der Waals surface area contributed by atoms with Crippen LogP contribution in [-0.2, 0) is 21.6 Å². The van der Waals surface area contributed by atoms with Crippen molar-refractivity contribution in [2.24, 2.45) is 0 Å². The molecule has 3 aromatic rings. The van der Waals surface area contributed by atoms with Crippen molar-refractivity contribution in [3.05, 3.63) is 95.6 Å². The number of benzene rings is 3. The van der Waals surface area contributed by atoms with E-state index in [0.717, 1.165) is 28.9 Å². The number of aliphatic hydroxyl groups is 3. The molecule has 1 fully saturated rings. The second-order valence-electron chi connectivity index (χ2n) is 9.36. The van der Waals surface area contributed by atoms with Gasteiger partial charge in [-0.1, -0.05) is 68.4 Å². The minimum absolute atomic E-state index is 0.300. The van der Waals surface area contributed by atoms with Gasteiger partial charge in [0.2, 0.25) is 6.29 Å². The molecule has 1 heterocycles. The van der Waals surface area contributed by atoms with E-state index >= 15 is 0 Å². The van der Waals surface area contributed by atoms with Gasteiger partial charge in [0.15, 0.2) is 6.10 Å². The number of ether oxygens (including phenoxy) is 3. The van der Waals surface area contributed by atoms with E-state index in [4.69, 9.17) is 14.2 Å². The predicted molar refractivity (Wildman–Crippen MR) is 135 cm³/mol. The van der Waals surface area contributed by atoms with Crippen LogP contribution in [0.25, 0.3) is 0 Å². The Morgan fingerprint density at radius 3 is 1.95 bits per heavy atom. The summed E-state index contributed by atoms with van der Waals surface area (Å²) in [5.74, 6) is -0.353. The minimum Gasteiger partial charge on any atom is -0.489 e. The molecule has 1 saturated heterocycles. The molecule has 196 valence electrons. The molecule has 0 saturated carbocycles. The van der Waals surface area contributed by atoms with E-state index in [-0.39, 0.29) is 5.41 Å². The lowest BCUT2D eigenvalue weighted by Crippen LogP contribution is -2.61. The molecule has 0 bridgehead atoms. The summed E-state index contributed by atoms with van der Waals surface area (Å²) in [6.45, 7) is 4.75. The van der Waals surface area contributed by atoms with Crippen LogP contribution in [0.2, 0.25) is 0 Å². The summed E-state index contributed by atoms with van der Waals surface area (Å²) in [5, 5.41) is 39.3. The lowest BCUT2D eigenvalue weighted by molar-refractivity contribution is -0.271. The van der Waals surface area contributed by atoms with Crippen molar-refractivity contribution in [3.63, 3.8) is 0 Å². The summed E-state index contributed by atoms with van der Waals surface area (Å²) in [6.07, 6.45) is -7.45. The summed E-state index contributed by atoms with van der Waals surface area (Å²) < 4.78 is 16.7. The Balaban J connectivity index is 1.45. The standard InChI is InChI=1S/C29H32O8/c1-3-29(2,19-9-13-21(14-10-19)35-17-18-7-5-4-6-8-18)20-11-15-22(16-12-20)36-28-25(32)23(30)24(31)26(37-28)27(33)34/h4-16,23-26,28,30-32H,3,17H2,1-2H3,(H,33,34). The highest BCUT2D eigenvalue weighted by atomic mass is 16.7. The van der Waals surface area contributed by atoms with E-state index in [0.29, 0.717) is 12.4 Å². The number of hydrogen-bond acceptors (Lipinski definition) is 7. The molecule has 0 radical (unpaired) electrons. The van der Waals surface area contributed by atoms with Crippen molar-refractivity contribution in [1.29, 1.82) is 0 Å². The first-order valence-electron chi connectivity index (χ1n) is 12.2. The minimum atomic E-state index is -1.77. The molecule has 8 nitrogen and oxygen atoms in total. The fourth-order valence-corrected chi connectivity index (χ4v) is 4.42. The fraction of sp³-hybridized carbons (Fsp3) is 0.345. The number of carboxylic acid groups (broad SMARTS) is 1. The van der Waals surface area contributed by atoms with Gasteiger partial charge in [-0.05, 0) is 47.4 Å². The molecule has 0 aliphatic carbocycles. The number of aliphatic carboxylic acids is 1. The van der Waals surface area contributed by atoms with Gasteiger partial charge in [0.25, 0.3) is 0 Å². The molecule has 3 aromatic carbocycles. The highest BCUT2D eigenvalue weighted by Gasteiger charge is 2.48. The van der Waals surface area contributed by atoms with Crippen LogP contribution in [-0.4, -0.2) is 57.1 Å². The van der Waals surface area contributed by atoms with Crippen LogP contribution < -0.4 is 9.47 Å². The summed E-state index contributed by atoms with van der Waals surface area (Å²) in [5.41, 5.74) is 2.95. The highest BCUT2D eigenvalue weighted by Crippen LogP contribution is 2.37. The zero-order chi connectivity index (χ0) is 26.6. The van der Waals surface area contributed by atoms with Gasteiger partial charge < -0.3 is 34.6 Å². The van der Waals surface area contributed by atoms with E-state index in [1.165, 1.54) is 0 Å². The van der Waals surface area contributed by atoms with Gasteiger partial charge in [0.1, 0.15) is 36.4 Å². The third-order valence-electron chi connectivity index (χ3n) is 7.00. The molecule has 6 unspecified atom stereocenters. The molecule has 0 amide bonds. The van der Waals surface area contributed by atoms with Crippen LogP contribution in [0.4, 0.5) is 0 Å². The number of carbonyl (C=O) groups is 1. The number of rotatable bonds is 9. The van der Waals surface area contributed by atoms with Crippen molar-refractivity contribution < 1.29 is 39.4 Å². The summed E-state index contributed by atoms with van der Waals surface area (Å²) in [4.78, 5) is 11.3. The van der Waals surface area contributed by atoms with E-state index in [9.17, 15) is 25.2 Å². The Kier molecular flexibility index (Phi) is 8.14. The number of hydrogen-bond donors (Lipinski definition) is 4. The van der Waals surface area contributed by atoms with Gasteiger partial charge in [0, 0.05) is 5.41 Å². The van der Waals surface area contributed by atoms with E-state index < -0.39 is 36.7 Å². The van der Waals surface area contributed by atoms with E-state index in [1.54, 1.807) is 12.1 Å². The van der Waals surface area contributed by atoms with Gasteiger partial charge in [-0.3, -0.25) is 0 Å². The third-order valence-corrected chi connectivity index (χ3v) is 7.00. The smallest absolute Gasteiger partial charge is 0.335 e. The fourth-order valence-electron chi connectivity index (χ4n) is 4.42. The quantitative estimate of drug-likeness (QED) is 0.347. The highest BCUT2D eigenvalue weighted by molar-refractivity contribution is 5.73. The maximum absolute atomic E-state index is 11.3. The third kappa shape index (κ3) is 5.78. The summed E-state index contributed by atoms with van der Waals surface area (Å²) >= 11 is 0. The van der Waals surface area contributed by atoms with Gasteiger partial charge in [-0.25, -0.2) is 4.79 Å². The average Bonchev–Trinajstić information content (AvgIpc) is 2.92. The number of aliphatic hydroxyl groups excluding tert-OH is 3. The zero-order valence-corrected chi connectivity index (χ0v) is 20.7. The lowest BCUT2D eigenvalue weighted by atomic mass is 9.74. The summed E-state index contributed by atoms with van der Waals surface area (Å²) in [6, 6.07) is 25.2. The molecule has 37 heavy (non-hydrogen) atoms. The van der Waals surface area contributed by atoms with Crippen molar-refractivity contribution >= 4 is 5.97 Å². The molecule has 0 spiro atoms. The topological polar surface area (TPSA) is 126 Å². The maximum Gasteiger partial charge on any atom is 0.335 e. The lowest BCUT2D eigenvalue weighted by Gasteiger charge is -2.38. The average molecular weight is 509 g/mol. The van der Waals surface area contributed by atoms with Crippen LogP contribution >= 0.6 is 0 Å². The van der Waals surface area contributed by atoms with Crippen LogP contribution in [0.1, 0.15) is 37.0 Å². The van der Waals surface area contributed by atoms with Crippen molar-refractivity contribution in [2.75, 3.05) is 0 Å². The van der Waals surface area contributed by atoms with Gasteiger partial charge >= 0.3 is 5.97 Å². The first-order chi connectivity index (χ1) is 17.7. The molecule has 0 aromatic heterocycles. The molecule has 4 rings (SSSR count). The van der Waals surface area contributed by atoms with Gasteiger partial charge in [-0.2, -0.15) is 0 Å². The Labute approximate surface area is 215 Å². The molecule has 6 atom stereocenters. The van der Waals surface area contributed by atoms with Crippen LogP contribution in [0.15, 0.2) is 78.9 Å². The zero-order valence-electron chi connectivity index (χ0n) is 20.7. The molecule has 1 aliphatic rings.